The molecule has 2 saturated heterocycles. The lowest BCUT2D eigenvalue weighted by molar-refractivity contribution is 0.418. The molecule has 1 aromatic rings. The van der Waals surface area contributed by atoms with Gasteiger partial charge in [0.2, 0.25) is 0 Å². The van der Waals surface area contributed by atoms with Crippen LogP contribution >= 0.6 is 0 Å². The maximum Gasteiger partial charge on any atom is 0.0366 e. The first kappa shape index (κ1) is 12.4. The molecule has 0 aliphatic carbocycles. The molecular formula is C15H24N2. The summed E-state index contributed by atoms with van der Waals surface area (Å²) < 4.78 is 0. The van der Waals surface area contributed by atoms with Crippen molar-refractivity contribution in [1.82, 2.24) is 4.90 Å². The first-order chi connectivity index (χ1) is 8.36. The summed E-state index contributed by atoms with van der Waals surface area (Å²) >= 11 is 0. The average molecular weight is 232 g/mol. The van der Waals surface area contributed by atoms with Crippen LogP contribution in [0.4, 0.5) is 5.69 Å². The number of likely N-dealkylation sites (tertiary alicyclic amines) is 1. The molecule has 94 valence electrons. The molecule has 0 radical (unpaired) electrons. The Hall–Kier alpha value is -1.02. The molecule has 0 N–H and O–H groups in total. The zero-order valence-electron chi connectivity index (χ0n) is 10.9. The van der Waals surface area contributed by atoms with Crippen LogP contribution in [0, 0.1) is 0 Å². The highest BCUT2D eigenvalue weighted by atomic mass is 15.1. The third kappa shape index (κ3) is 4.04. The fourth-order valence-electron chi connectivity index (χ4n) is 2.49. The van der Waals surface area contributed by atoms with Crippen LogP contribution in [-0.2, 0) is 0 Å². The highest BCUT2D eigenvalue weighted by Gasteiger charge is 2.10. The van der Waals surface area contributed by atoms with Crippen LogP contribution in [-0.4, -0.2) is 38.1 Å². The van der Waals surface area contributed by atoms with Crippen LogP contribution in [0.5, 0.6) is 0 Å². The van der Waals surface area contributed by atoms with Gasteiger partial charge in [-0.1, -0.05) is 18.2 Å². The number of rotatable bonds is 1. The van der Waals surface area contributed by atoms with Gasteiger partial charge in [-0.25, -0.2) is 0 Å². The third-order valence-electron chi connectivity index (χ3n) is 3.56. The lowest BCUT2D eigenvalue weighted by Crippen LogP contribution is -2.16. The summed E-state index contributed by atoms with van der Waals surface area (Å²) in [6.45, 7) is 5.12. The minimum Gasteiger partial charge on any atom is -0.372 e. The number of benzene rings is 1. The summed E-state index contributed by atoms with van der Waals surface area (Å²) in [5.41, 5.74) is 1.38. The normalized spacial score (nSPS) is 20.2. The van der Waals surface area contributed by atoms with E-state index in [1.54, 1.807) is 0 Å². The maximum atomic E-state index is 2.44. The number of anilines is 1. The van der Waals surface area contributed by atoms with Gasteiger partial charge in [0.15, 0.2) is 0 Å². The summed E-state index contributed by atoms with van der Waals surface area (Å²) in [5, 5.41) is 0. The smallest absolute Gasteiger partial charge is 0.0366 e. The second kappa shape index (κ2) is 6.65. The molecule has 2 fully saturated rings. The minimum absolute atomic E-state index is 1.24. The van der Waals surface area contributed by atoms with E-state index >= 15 is 0 Å². The molecule has 0 bridgehead atoms. The summed E-state index contributed by atoms with van der Waals surface area (Å²) in [5.74, 6) is 0. The molecule has 0 unspecified atom stereocenters. The van der Waals surface area contributed by atoms with E-state index in [-0.39, 0.29) is 0 Å². The van der Waals surface area contributed by atoms with E-state index in [4.69, 9.17) is 0 Å². The summed E-state index contributed by atoms with van der Waals surface area (Å²) in [7, 11) is 2.17. The van der Waals surface area contributed by atoms with Crippen LogP contribution < -0.4 is 4.90 Å². The van der Waals surface area contributed by atoms with Crippen molar-refractivity contribution < 1.29 is 0 Å². The highest BCUT2D eigenvalue weighted by Crippen LogP contribution is 2.18. The van der Waals surface area contributed by atoms with E-state index < -0.39 is 0 Å². The standard InChI is InChI=1S/C10H13N.C5H11N/c1-2-6-10(7-3-1)11-8-4-5-9-11;1-6-4-2-3-5-6/h1-3,6-7H,4-5,8-9H2;2-5H2,1H3. The lowest BCUT2D eigenvalue weighted by atomic mass is 10.3. The maximum absolute atomic E-state index is 2.44. The van der Waals surface area contributed by atoms with Gasteiger partial charge < -0.3 is 9.80 Å². The quantitative estimate of drug-likeness (QED) is 0.734. The molecule has 0 saturated carbocycles. The molecule has 1 aromatic carbocycles. The summed E-state index contributed by atoms with van der Waals surface area (Å²) in [6, 6.07) is 10.7. The molecule has 3 rings (SSSR count). The van der Waals surface area contributed by atoms with E-state index in [0.29, 0.717) is 0 Å². The lowest BCUT2D eigenvalue weighted by Gasteiger charge is -2.16. The monoisotopic (exact) mass is 232 g/mol. The predicted molar refractivity (Wildman–Crippen MR) is 74.6 cm³/mol. The Morgan fingerprint density at radius 2 is 1.29 bits per heavy atom. The Morgan fingerprint density at radius 3 is 1.76 bits per heavy atom. The van der Waals surface area contributed by atoms with Gasteiger partial charge in [-0.15, -0.1) is 0 Å². The molecule has 2 aliphatic rings. The van der Waals surface area contributed by atoms with Gasteiger partial charge in [-0.3, -0.25) is 0 Å². The van der Waals surface area contributed by atoms with Crippen molar-refractivity contribution in [2.75, 3.05) is 38.1 Å². The van der Waals surface area contributed by atoms with Crippen LogP contribution in [0.2, 0.25) is 0 Å². The summed E-state index contributed by atoms with van der Waals surface area (Å²) in [6.07, 6.45) is 5.54. The second-order valence-corrected chi connectivity index (χ2v) is 5.04. The zero-order valence-corrected chi connectivity index (χ0v) is 10.9. The van der Waals surface area contributed by atoms with Crippen molar-refractivity contribution in [3.05, 3.63) is 30.3 Å². The Labute approximate surface area is 105 Å². The predicted octanol–water partition coefficient (Wildman–Crippen LogP) is 3.00. The molecule has 2 nitrogen and oxygen atoms in total. The van der Waals surface area contributed by atoms with Crippen molar-refractivity contribution in [1.29, 1.82) is 0 Å². The molecule has 0 atom stereocenters. The first-order valence-electron chi connectivity index (χ1n) is 6.85. The molecule has 0 amide bonds. The number of hydrogen-bond acceptors (Lipinski definition) is 2. The molecule has 17 heavy (non-hydrogen) atoms. The van der Waals surface area contributed by atoms with Crippen molar-refractivity contribution >= 4 is 5.69 Å². The van der Waals surface area contributed by atoms with Gasteiger partial charge in [0.05, 0.1) is 0 Å². The van der Waals surface area contributed by atoms with Crippen molar-refractivity contribution in [2.24, 2.45) is 0 Å². The van der Waals surface area contributed by atoms with Gasteiger partial charge >= 0.3 is 0 Å². The number of nitrogens with zero attached hydrogens (tertiary/aromatic N) is 2. The molecule has 2 heterocycles. The molecule has 2 aliphatic heterocycles. The Morgan fingerprint density at radius 1 is 0.765 bits per heavy atom. The van der Waals surface area contributed by atoms with Gasteiger partial charge in [-0.2, -0.15) is 0 Å². The van der Waals surface area contributed by atoms with Crippen LogP contribution in [0.3, 0.4) is 0 Å². The SMILES string of the molecule is CN1CCCC1.c1ccc(N2CCCC2)cc1. The van der Waals surface area contributed by atoms with Gasteiger partial charge in [0, 0.05) is 18.8 Å². The molecule has 0 aromatic heterocycles. The Balaban J connectivity index is 0.000000153. The number of para-hydroxylation sites is 1. The second-order valence-electron chi connectivity index (χ2n) is 5.04. The summed E-state index contributed by atoms with van der Waals surface area (Å²) in [4.78, 5) is 4.81. The van der Waals surface area contributed by atoms with Gasteiger partial charge in [0.1, 0.15) is 0 Å². The van der Waals surface area contributed by atoms with E-state index in [9.17, 15) is 0 Å². The number of hydrogen-bond donors (Lipinski definition) is 0. The van der Waals surface area contributed by atoms with Crippen LogP contribution in [0.1, 0.15) is 25.7 Å². The van der Waals surface area contributed by atoms with Gasteiger partial charge in [0.25, 0.3) is 0 Å². The molecule has 2 heteroatoms. The van der Waals surface area contributed by atoms with E-state index in [1.165, 1.54) is 57.5 Å². The van der Waals surface area contributed by atoms with E-state index in [2.05, 4.69) is 47.2 Å². The highest BCUT2D eigenvalue weighted by molar-refractivity contribution is 5.46. The Kier molecular flexibility index (Phi) is 4.87. The topological polar surface area (TPSA) is 6.48 Å². The van der Waals surface area contributed by atoms with E-state index in [1.807, 2.05) is 0 Å². The van der Waals surface area contributed by atoms with Crippen molar-refractivity contribution in [3.63, 3.8) is 0 Å². The van der Waals surface area contributed by atoms with Crippen molar-refractivity contribution in [2.45, 2.75) is 25.7 Å². The van der Waals surface area contributed by atoms with E-state index in [0.717, 1.165) is 0 Å². The Bertz CT molecular complexity index is 298. The third-order valence-corrected chi connectivity index (χ3v) is 3.56. The molecular weight excluding hydrogens is 208 g/mol. The fourth-order valence-corrected chi connectivity index (χ4v) is 2.49. The first-order valence-corrected chi connectivity index (χ1v) is 6.85. The minimum atomic E-state index is 1.24. The largest absolute Gasteiger partial charge is 0.372 e. The molecule has 0 spiro atoms. The average Bonchev–Trinajstić information content (AvgIpc) is 3.03. The zero-order chi connectivity index (χ0) is 11.9. The van der Waals surface area contributed by atoms with Gasteiger partial charge in [-0.05, 0) is 58.0 Å². The fraction of sp³-hybridized carbons (Fsp3) is 0.600. The van der Waals surface area contributed by atoms with Crippen LogP contribution in [0.15, 0.2) is 30.3 Å². The van der Waals surface area contributed by atoms with Crippen LogP contribution in [0.25, 0.3) is 0 Å². The van der Waals surface area contributed by atoms with Crippen molar-refractivity contribution in [3.8, 4) is 0 Å².